The second-order valence-electron chi connectivity index (χ2n) is 11.8. The highest BCUT2D eigenvalue weighted by Crippen LogP contribution is 2.37. The number of nitrogens with one attached hydrogen (secondary N) is 1. The van der Waals surface area contributed by atoms with Gasteiger partial charge in [0.25, 0.3) is 0 Å². The van der Waals surface area contributed by atoms with Gasteiger partial charge in [0, 0.05) is 47.6 Å². The van der Waals surface area contributed by atoms with Crippen molar-refractivity contribution in [2.24, 2.45) is 5.11 Å². The number of sulfonamides is 1. The molecule has 0 radical (unpaired) electrons. The molecule has 2 aliphatic rings. The number of rotatable bonds is 11. The molecule has 48 heavy (non-hydrogen) atoms. The van der Waals surface area contributed by atoms with Crippen molar-refractivity contribution in [2.45, 2.75) is 61.9 Å². The molecule has 12 nitrogen and oxygen atoms in total. The number of nitrogens with zero attached hydrogens (tertiary/aromatic N) is 6. The molecule has 2 aromatic carbocycles. The Bertz CT molecular complexity index is 1840. The van der Waals surface area contributed by atoms with Crippen LogP contribution in [-0.2, 0) is 21.2 Å². The summed E-state index contributed by atoms with van der Waals surface area (Å²) >= 11 is 0. The summed E-state index contributed by atoms with van der Waals surface area (Å²) in [5, 5.41) is 15.2. The largest absolute Gasteiger partial charge is 0.465 e. The number of pyridine rings is 1. The molecule has 1 aliphatic carbocycles. The van der Waals surface area contributed by atoms with E-state index < -0.39 is 74.6 Å². The number of anilines is 1. The van der Waals surface area contributed by atoms with Crippen LogP contribution in [-0.4, -0.2) is 76.2 Å². The van der Waals surface area contributed by atoms with Crippen LogP contribution in [0.25, 0.3) is 10.4 Å². The summed E-state index contributed by atoms with van der Waals surface area (Å²) in [6.45, 7) is 1.43. The van der Waals surface area contributed by atoms with E-state index in [9.17, 15) is 41.8 Å². The van der Waals surface area contributed by atoms with Crippen LogP contribution in [0.1, 0.15) is 48.8 Å². The second-order valence-corrected chi connectivity index (χ2v) is 13.9. The minimum absolute atomic E-state index is 0.0234. The molecule has 2 heterocycles. The summed E-state index contributed by atoms with van der Waals surface area (Å²) in [5.41, 5.74) is 9.22. The maximum atomic E-state index is 15.3. The quantitative estimate of drug-likeness (QED) is 0.116. The lowest BCUT2D eigenvalue weighted by atomic mass is 9.84. The van der Waals surface area contributed by atoms with Gasteiger partial charge < -0.3 is 15.3 Å². The number of carbonyl (C=O) groups is 2. The number of piperazine rings is 1. The molecular formula is C31H31F4N7O5S. The lowest BCUT2D eigenvalue weighted by Gasteiger charge is -2.44. The molecular weight excluding hydrogens is 658 g/mol. The zero-order chi connectivity index (χ0) is 34.7. The molecule has 1 aliphatic heterocycles. The van der Waals surface area contributed by atoms with Crippen LogP contribution in [0.15, 0.2) is 60.0 Å². The Morgan fingerprint density at radius 2 is 1.71 bits per heavy atom. The zero-order valence-corrected chi connectivity index (χ0v) is 26.3. The Morgan fingerprint density at radius 1 is 1.04 bits per heavy atom. The molecule has 2 fully saturated rings. The number of carbonyl (C=O) groups excluding carboxylic acids is 1. The van der Waals surface area contributed by atoms with Gasteiger partial charge in [-0.05, 0) is 73.5 Å². The van der Waals surface area contributed by atoms with Gasteiger partial charge in [0.1, 0.15) is 29.3 Å². The number of aromatic nitrogens is 1. The highest BCUT2D eigenvalue weighted by atomic mass is 32.2. The number of benzene rings is 2. The number of azide groups is 1. The molecule has 2 N–H and O–H groups in total. The van der Waals surface area contributed by atoms with Crippen molar-refractivity contribution in [3.05, 3.63) is 105 Å². The molecule has 0 spiro atoms. The molecule has 2 unspecified atom stereocenters. The molecule has 2 amide bonds. The highest BCUT2D eigenvalue weighted by Gasteiger charge is 2.47. The second kappa shape index (κ2) is 14.2. The third kappa shape index (κ3) is 7.53. The smallest absolute Gasteiger partial charge is 0.407 e. The molecule has 3 aromatic rings. The van der Waals surface area contributed by atoms with Crippen LogP contribution < -0.4 is 5.32 Å². The third-order valence-corrected chi connectivity index (χ3v) is 11.0. The summed E-state index contributed by atoms with van der Waals surface area (Å²) in [6, 6.07) is 3.89. The van der Waals surface area contributed by atoms with Crippen molar-refractivity contribution in [2.75, 3.05) is 18.4 Å². The first-order chi connectivity index (χ1) is 22.8. The van der Waals surface area contributed by atoms with Crippen molar-refractivity contribution in [3.63, 3.8) is 0 Å². The van der Waals surface area contributed by atoms with Gasteiger partial charge in [-0.15, -0.1) is 0 Å². The van der Waals surface area contributed by atoms with Crippen LogP contribution >= 0.6 is 0 Å². The summed E-state index contributed by atoms with van der Waals surface area (Å²) in [5.74, 6) is -5.78. The zero-order valence-electron chi connectivity index (χ0n) is 25.5. The maximum absolute atomic E-state index is 15.3. The first-order valence-electron chi connectivity index (χ1n) is 15.0. The average Bonchev–Trinajstić information content (AvgIpc) is 3.87. The van der Waals surface area contributed by atoms with Crippen LogP contribution in [0.5, 0.6) is 0 Å². The normalized spacial score (nSPS) is 19.6. The van der Waals surface area contributed by atoms with Crippen LogP contribution in [0.3, 0.4) is 0 Å². The van der Waals surface area contributed by atoms with Crippen molar-refractivity contribution < 1.29 is 40.7 Å². The standard InChI is InChI=1S/C31H31F4N7O5S/c1-17-15-41(31(44)45)16-23(42(17)48(46,47)24-7-8-24)6-9-25-26(35)13-37-14-27(25)38-30(43)29(39-40-36)28(18-2-4-20(32)5-3-18)19-10-21(33)12-22(34)11-19/h2-5,10-14,17,23-24,28-29H,6-9,15-16H2,1H3,(H,38,43)(H,44,45)/t17?,23?,28-,29-/m0/s1. The summed E-state index contributed by atoms with van der Waals surface area (Å²) in [6.07, 6.45) is 1.59. The fourth-order valence-electron chi connectivity index (χ4n) is 6.19. The first-order valence-corrected chi connectivity index (χ1v) is 16.5. The molecule has 4 atom stereocenters. The Balaban J connectivity index is 1.46. The number of hydrogen-bond acceptors (Lipinski definition) is 6. The molecule has 254 valence electrons. The number of hydrogen-bond donors (Lipinski definition) is 2. The molecule has 17 heteroatoms. The number of carboxylic acid groups (broad SMARTS) is 1. The molecule has 1 aromatic heterocycles. The number of halogens is 4. The van der Waals surface area contributed by atoms with Crippen molar-refractivity contribution in [1.82, 2.24) is 14.2 Å². The van der Waals surface area contributed by atoms with Gasteiger partial charge in [0.2, 0.25) is 15.9 Å². The minimum atomic E-state index is -3.75. The topological polar surface area (TPSA) is 169 Å². The van der Waals surface area contributed by atoms with E-state index in [1.165, 1.54) is 16.4 Å². The fourth-order valence-corrected chi connectivity index (χ4v) is 8.42. The highest BCUT2D eigenvalue weighted by molar-refractivity contribution is 7.90. The predicted molar refractivity (Wildman–Crippen MR) is 165 cm³/mol. The van der Waals surface area contributed by atoms with Gasteiger partial charge in [-0.3, -0.25) is 9.78 Å². The monoisotopic (exact) mass is 689 g/mol. The van der Waals surface area contributed by atoms with Gasteiger partial charge in [-0.25, -0.2) is 30.8 Å². The van der Waals surface area contributed by atoms with E-state index in [1.54, 1.807) is 6.92 Å². The van der Waals surface area contributed by atoms with Gasteiger partial charge in [-0.2, -0.15) is 4.31 Å². The van der Waals surface area contributed by atoms with E-state index in [0.717, 1.165) is 41.6 Å². The summed E-state index contributed by atoms with van der Waals surface area (Å²) < 4.78 is 85.7. The van der Waals surface area contributed by atoms with Crippen molar-refractivity contribution in [1.29, 1.82) is 0 Å². The predicted octanol–water partition coefficient (Wildman–Crippen LogP) is 5.57. The maximum Gasteiger partial charge on any atom is 0.407 e. The van der Waals surface area contributed by atoms with Gasteiger partial charge in [0.05, 0.1) is 23.3 Å². The summed E-state index contributed by atoms with van der Waals surface area (Å²) in [7, 11) is -3.75. The third-order valence-electron chi connectivity index (χ3n) is 8.44. The Morgan fingerprint density at radius 3 is 2.31 bits per heavy atom. The van der Waals surface area contributed by atoms with E-state index in [0.29, 0.717) is 18.9 Å². The van der Waals surface area contributed by atoms with E-state index in [-0.39, 0.29) is 48.3 Å². The van der Waals surface area contributed by atoms with Gasteiger partial charge in [-0.1, -0.05) is 17.2 Å². The van der Waals surface area contributed by atoms with Crippen LogP contribution in [0.2, 0.25) is 0 Å². The van der Waals surface area contributed by atoms with Crippen molar-refractivity contribution >= 4 is 27.7 Å². The number of amides is 2. The van der Waals surface area contributed by atoms with Crippen molar-refractivity contribution in [3.8, 4) is 0 Å². The average molecular weight is 690 g/mol. The van der Waals surface area contributed by atoms with Crippen LogP contribution in [0.4, 0.5) is 28.0 Å². The lowest BCUT2D eigenvalue weighted by molar-refractivity contribution is -0.117. The molecule has 1 saturated heterocycles. The Labute approximate surface area is 273 Å². The minimum Gasteiger partial charge on any atom is -0.465 e. The lowest BCUT2D eigenvalue weighted by Crippen LogP contribution is -2.61. The summed E-state index contributed by atoms with van der Waals surface area (Å²) in [4.78, 5) is 33.3. The first kappa shape index (κ1) is 34.6. The SMILES string of the molecule is CC1CN(C(=O)O)CC(CCc2c(F)cncc2NC(=O)[C@@H](N=[N+]=[N-])[C@@H](c2ccc(F)cc2)c2cc(F)cc(F)c2)N1S(=O)(=O)C1CC1. The molecule has 1 saturated carbocycles. The Hall–Kier alpha value is -4.73. The fraction of sp³-hybridized carbons (Fsp3) is 0.387. The van der Waals surface area contributed by atoms with E-state index in [4.69, 9.17) is 0 Å². The van der Waals surface area contributed by atoms with E-state index in [2.05, 4.69) is 20.3 Å². The molecule has 5 rings (SSSR count). The van der Waals surface area contributed by atoms with Crippen LogP contribution in [0, 0.1) is 23.3 Å². The van der Waals surface area contributed by atoms with E-state index in [1.807, 2.05) is 0 Å². The Kier molecular flexibility index (Phi) is 10.2. The van der Waals surface area contributed by atoms with Gasteiger partial charge >= 0.3 is 6.09 Å². The van der Waals surface area contributed by atoms with E-state index >= 15 is 4.39 Å². The van der Waals surface area contributed by atoms with Gasteiger partial charge in [0.15, 0.2) is 0 Å². The molecule has 0 bridgehead atoms.